The highest BCUT2D eigenvalue weighted by Gasteiger charge is 2.16. The molecule has 0 fully saturated rings. The molecule has 0 radical (unpaired) electrons. The molecule has 2 N–H and O–H groups in total. The van der Waals surface area contributed by atoms with Crippen molar-refractivity contribution in [2.45, 2.75) is 6.92 Å². The molecule has 0 bridgehead atoms. The van der Waals surface area contributed by atoms with Crippen LogP contribution in [0.15, 0.2) is 36.4 Å². The Bertz CT molecular complexity index is 795. The minimum atomic E-state index is -0.389. The van der Waals surface area contributed by atoms with Gasteiger partial charge in [0.2, 0.25) is 5.95 Å². The number of rotatable bonds is 2. The van der Waals surface area contributed by atoms with Crippen LogP contribution < -0.4 is 10.5 Å². The van der Waals surface area contributed by atoms with Gasteiger partial charge in [0.05, 0.1) is 18.3 Å². The quantitative estimate of drug-likeness (QED) is 0.779. The Hall–Kier alpha value is -2.56. The minimum Gasteiger partial charge on any atom is -0.495 e. The van der Waals surface area contributed by atoms with Crippen LogP contribution >= 0.6 is 0 Å². The predicted molar refractivity (Wildman–Crippen MR) is 76.7 cm³/mol. The molecular formula is C15H14FN3O. The molecular weight excluding hydrogens is 257 g/mol. The Labute approximate surface area is 115 Å². The summed E-state index contributed by atoms with van der Waals surface area (Å²) in [6.45, 7) is 1.97. The van der Waals surface area contributed by atoms with Gasteiger partial charge < -0.3 is 10.5 Å². The van der Waals surface area contributed by atoms with E-state index >= 15 is 0 Å². The summed E-state index contributed by atoms with van der Waals surface area (Å²) in [7, 11) is 1.59. The third-order valence-electron chi connectivity index (χ3n) is 3.24. The Morgan fingerprint density at radius 1 is 1.25 bits per heavy atom. The van der Waals surface area contributed by atoms with E-state index in [1.165, 1.54) is 6.07 Å². The first-order valence-electron chi connectivity index (χ1n) is 6.19. The van der Waals surface area contributed by atoms with Crippen molar-refractivity contribution < 1.29 is 9.13 Å². The first-order valence-corrected chi connectivity index (χ1v) is 6.19. The number of methoxy groups -OCH3 is 1. The van der Waals surface area contributed by atoms with E-state index < -0.39 is 0 Å². The largest absolute Gasteiger partial charge is 0.495 e. The molecule has 0 amide bonds. The average molecular weight is 271 g/mol. The molecule has 3 aromatic rings. The van der Waals surface area contributed by atoms with Crippen LogP contribution in [0.1, 0.15) is 5.56 Å². The first-order chi connectivity index (χ1) is 9.61. The maximum absolute atomic E-state index is 13.8. The number of anilines is 1. The lowest BCUT2D eigenvalue weighted by Gasteiger charge is -2.12. The lowest BCUT2D eigenvalue weighted by molar-refractivity contribution is 0.413. The summed E-state index contributed by atoms with van der Waals surface area (Å²) in [5.74, 6) is 0.499. The van der Waals surface area contributed by atoms with Crippen LogP contribution in [-0.2, 0) is 0 Å². The fourth-order valence-electron chi connectivity index (χ4n) is 2.31. The molecule has 5 heteroatoms. The summed E-state index contributed by atoms with van der Waals surface area (Å²) < 4.78 is 20.9. The number of hydrogen-bond acceptors (Lipinski definition) is 3. The SMILES string of the molecule is COc1ccc(C)cc1-n1c(N)nc2c(F)cccc21. The Morgan fingerprint density at radius 2 is 2.05 bits per heavy atom. The van der Waals surface area contributed by atoms with Gasteiger partial charge in [0.15, 0.2) is 5.82 Å². The molecule has 4 nitrogen and oxygen atoms in total. The second kappa shape index (κ2) is 4.52. The lowest BCUT2D eigenvalue weighted by Crippen LogP contribution is -2.03. The zero-order valence-corrected chi connectivity index (χ0v) is 11.2. The van der Waals surface area contributed by atoms with E-state index in [0.29, 0.717) is 11.3 Å². The van der Waals surface area contributed by atoms with Gasteiger partial charge in [-0.3, -0.25) is 4.57 Å². The van der Waals surface area contributed by atoms with E-state index in [4.69, 9.17) is 10.5 Å². The van der Waals surface area contributed by atoms with E-state index in [2.05, 4.69) is 4.98 Å². The highest BCUT2D eigenvalue weighted by molar-refractivity contribution is 5.82. The van der Waals surface area contributed by atoms with Crippen LogP contribution in [0.25, 0.3) is 16.7 Å². The van der Waals surface area contributed by atoms with Gasteiger partial charge in [-0.25, -0.2) is 9.37 Å². The van der Waals surface area contributed by atoms with Gasteiger partial charge in [0.25, 0.3) is 0 Å². The number of nitrogens with zero attached hydrogens (tertiary/aromatic N) is 2. The van der Waals surface area contributed by atoms with E-state index in [0.717, 1.165) is 11.3 Å². The lowest BCUT2D eigenvalue weighted by atomic mass is 10.2. The molecule has 3 rings (SSSR count). The second-order valence-electron chi connectivity index (χ2n) is 4.59. The molecule has 1 heterocycles. The van der Waals surface area contributed by atoms with Crippen molar-refractivity contribution in [1.29, 1.82) is 0 Å². The third kappa shape index (κ3) is 1.79. The van der Waals surface area contributed by atoms with Crippen LogP contribution in [0.5, 0.6) is 5.75 Å². The molecule has 0 aliphatic rings. The minimum absolute atomic E-state index is 0.231. The number of aryl methyl sites for hydroxylation is 1. The first kappa shape index (κ1) is 12.5. The molecule has 102 valence electrons. The summed E-state index contributed by atoms with van der Waals surface area (Å²) in [5, 5.41) is 0. The van der Waals surface area contributed by atoms with Crippen molar-refractivity contribution in [1.82, 2.24) is 9.55 Å². The summed E-state index contributed by atoms with van der Waals surface area (Å²) >= 11 is 0. The van der Waals surface area contributed by atoms with Gasteiger partial charge in [-0.1, -0.05) is 12.1 Å². The van der Waals surface area contributed by atoms with Crippen molar-refractivity contribution >= 4 is 17.0 Å². The molecule has 1 aromatic heterocycles. The maximum atomic E-state index is 13.8. The van der Waals surface area contributed by atoms with Crippen molar-refractivity contribution in [3.05, 3.63) is 47.8 Å². The van der Waals surface area contributed by atoms with Gasteiger partial charge in [0, 0.05) is 0 Å². The molecule has 0 atom stereocenters. The van der Waals surface area contributed by atoms with Crippen LogP contribution in [0, 0.1) is 12.7 Å². The van der Waals surface area contributed by atoms with Gasteiger partial charge in [-0.2, -0.15) is 0 Å². The monoisotopic (exact) mass is 271 g/mol. The summed E-state index contributed by atoms with van der Waals surface area (Å²) in [6, 6.07) is 10.5. The zero-order valence-electron chi connectivity index (χ0n) is 11.2. The fourth-order valence-corrected chi connectivity index (χ4v) is 2.31. The average Bonchev–Trinajstić information content (AvgIpc) is 2.76. The van der Waals surface area contributed by atoms with Gasteiger partial charge >= 0.3 is 0 Å². The number of para-hydroxylation sites is 1. The van der Waals surface area contributed by atoms with E-state index in [1.807, 2.05) is 25.1 Å². The van der Waals surface area contributed by atoms with E-state index in [1.54, 1.807) is 23.8 Å². The molecule has 20 heavy (non-hydrogen) atoms. The molecule has 0 aliphatic carbocycles. The number of aromatic nitrogens is 2. The van der Waals surface area contributed by atoms with Crippen LogP contribution in [0.3, 0.4) is 0 Å². The van der Waals surface area contributed by atoms with Crippen molar-refractivity contribution in [2.24, 2.45) is 0 Å². The summed E-state index contributed by atoms with van der Waals surface area (Å²) in [5.41, 5.74) is 8.63. The number of nitrogen functional groups attached to an aromatic ring is 1. The molecule has 0 spiro atoms. The van der Waals surface area contributed by atoms with E-state index in [9.17, 15) is 4.39 Å². The van der Waals surface area contributed by atoms with Crippen LogP contribution in [-0.4, -0.2) is 16.7 Å². The molecule has 0 saturated heterocycles. The highest BCUT2D eigenvalue weighted by atomic mass is 19.1. The van der Waals surface area contributed by atoms with Gasteiger partial charge in [0.1, 0.15) is 11.3 Å². The number of benzene rings is 2. The number of halogens is 1. The molecule has 0 unspecified atom stereocenters. The maximum Gasteiger partial charge on any atom is 0.206 e. The molecule has 0 aliphatic heterocycles. The number of hydrogen-bond donors (Lipinski definition) is 1. The zero-order chi connectivity index (χ0) is 14.3. The number of imidazole rings is 1. The second-order valence-corrected chi connectivity index (χ2v) is 4.59. The van der Waals surface area contributed by atoms with Crippen LogP contribution in [0.2, 0.25) is 0 Å². The molecule has 0 saturated carbocycles. The Balaban J connectivity index is 2.38. The normalized spacial score (nSPS) is 10.9. The smallest absolute Gasteiger partial charge is 0.206 e. The Kier molecular flexibility index (Phi) is 2.82. The standard InChI is InChI=1S/C15H14FN3O/c1-9-6-7-13(20-2)12(8-9)19-11-5-3-4-10(16)14(11)18-15(19)17/h3-8H,1-2H3,(H2,17,18). The highest BCUT2D eigenvalue weighted by Crippen LogP contribution is 2.31. The fraction of sp³-hybridized carbons (Fsp3) is 0.133. The van der Waals surface area contributed by atoms with Crippen molar-refractivity contribution in [2.75, 3.05) is 12.8 Å². The van der Waals surface area contributed by atoms with Crippen molar-refractivity contribution in [3.8, 4) is 11.4 Å². The Morgan fingerprint density at radius 3 is 2.80 bits per heavy atom. The number of fused-ring (bicyclic) bond motifs is 1. The van der Waals surface area contributed by atoms with Gasteiger partial charge in [-0.15, -0.1) is 0 Å². The van der Waals surface area contributed by atoms with Crippen LogP contribution in [0.4, 0.5) is 10.3 Å². The topological polar surface area (TPSA) is 53.1 Å². The van der Waals surface area contributed by atoms with Gasteiger partial charge in [-0.05, 0) is 36.8 Å². The predicted octanol–water partition coefficient (Wildman–Crippen LogP) is 3.06. The number of nitrogens with two attached hydrogens (primary N) is 1. The van der Waals surface area contributed by atoms with Crippen molar-refractivity contribution in [3.63, 3.8) is 0 Å². The summed E-state index contributed by atoms with van der Waals surface area (Å²) in [4.78, 5) is 4.10. The summed E-state index contributed by atoms with van der Waals surface area (Å²) in [6.07, 6.45) is 0. The van der Waals surface area contributed by atoms with E-state index in [-0.39, 0.29) is 17.3 Å². The molecule has 2 aromatic carbocycles. The number of ether oxygens (including phenoxy) is 1. The third-order valence-corrected chi connectivity index (χ3v) is 3.24.